The van der Waals surface area contributed by atoms with Crippen molar-refractivity contribution in [3.8, 4) is 5.75 Å². The van der Waals surface area contributed by atoms with Crippen LogP contribution in [0.4, 0.5) is 0 Å². The lowest BCUT2D eigenvalue weighted by atomic mass is 10.0. The number of ether oxygens (including phenoxy) is 1. The maximum absolute atomic E-state index is 13.1. The van der Waals surface area contributed by atoms with Gasteiger partial charge in [-0.05, 0) is 61.6 Å². The van der Waals surface area contributed by atoms with E-state index in [0.29, 0.717) is 12.1 Å². The molecule has 1 aliphatic rings. The lowest BCUT2D eigenvalue weighted by Gasteiger charge is -2.31. The summed E-state index contributed by atoms with van der Waals surface area (Å²) in [6, 6.07) is 13.2. The van der Waals surface area contributed by atoms with Gasteiger partial charge in [-0.3, -0.25) is 4.79 Å². The summed E-state index contributed by atoms with van der Waals surface area (Å²) < 4.78 is 33.3. The highest BCUT2D eigenvalue weighted by Crippen LogP contribution is 2.31. The third kappa shape index (κ3) is 5.86. The van der Waals surface area contributed by atoms with Crippen LogP contribution in [0.25, 0.3) is 0 Å². The van der Waals surface area contributed by atoms with Gasteiger partial charge in [-0.25, -0.2) is 13.1 Å². The van der Waals surface area contributed by atoms with Crippen LogP contribution < -0.4 is 9.46 Å². The highest BCUT2D eigenvalue weighted by Gasteiger charge is 2.27. The fourth-order valence-electron chi connectivity index (χ4n) is 4.09. The largest absolute Gasteiger partial charge is 0.497 e. The van der Waals surface area contributed by atoms with Crippen LogP contribution in [0.3, 0.4) is 0 Å². The highest BCUT2D eigenvalue weighted by molar-refractivity contribution is 7.89. The Balaban J connectivity index is 1.67. The number of methoxy groups -OCH3 is 1. The number of nitrogens with zero attached hydrogens (tertiary/aromatic N) is 1. The fraction of sp³-hybridized carbons (Fsp3) is 0.458. The Morgan fingerprint density at radius 3 is 2.55 bits per heavy atom. The minimum absolute atomic E-state index is 0.0107. The van der Waals surface area contributed by atoms with Gasteiger partial charge in [0.05, 0.1) is 18.0 Å². The number of carbonyl (C=O) groups is 1. The summed E-state index contributed by atoms with van der Waals surface area (Å²) >= 11 is 0. The predicted octanol–water partition coefficient (Wildman–Crippen LogP) is 4.12. The maximum atomic E-state index is 13.1. The van der Waals surface area contributed by atoms with E-state index in [1.54, 1.807) is 26.2 Å². The van der Waals surface area contributed by atoms with E-state index in [1.165, 1.54) is 0 Å². The van der Waals surface area contributed by atoms with Gasteiger partial charge in [0.1, 0.15) is 5.75 Å². The number of aryl methyl sites for hydroxylation is 2. The van der Waals surface area contributed by atoms with Crippen LogP contribution >= 0.6 is 0 Å². The summed E-state index contributed by atoms with van der Waals surface area (Å²) in [7, 11) is -2.02. The summed E-state index contributed by atoms with van der Waals surface area (Å²) in [5, 5.41) is 0. The number of nitrogens with one attached hydrogen (secondary N) is 1. The number of rotatable bonds is 7. The Kier molecular flexibility index (Phi) is 7.73. The molecule has 2 aromatic carbocycles. The Morgan fingerprint density at radius 2 is 1.84 bits per heavy atom. The van der Waals surface area contributed by atoms with Gasteiger partial charge in [-0.1, -0.05) is 37.1 Å². The average Bonchev–Trinajstić information content (AvgIpc) is 3.01. The van der Waals surface area contributed by atoms with Gasteiger partial charge in [-0.2, -0.15) is 0 Å². The quantitative estimate of drug-likeness (QED) is 0.697. The van der Waals surface area contributed by atoms with Crippen molar-refractivity contribution in [3.05, 3.63) is 59.2 Å². The molecule has 1 unspecified atom stereocenters. The molecule has 1 fully saturated rings. The summed E-state index contributed by atoms with van der Waals surface area (Å²) in [4.78, 5) is 15.3. The molecule has 1 atom stereocenters. The summed E-state index contributed by atoms with van der Waals surface area (Å²) in [6.07, 6.45) is 4.17. The minimum atomic E-state index is -3.66. The maximum Gasteiger partial charge on any atom is 0.240 e. The number of hydrogen-bond donors (Lipinski definition) is 1. The molecule has 0 radical (unpaired) electrons. The third-order valence-electron chi connectivity index (χ3n) is 5.84. The van der Waals surface area contributed by atoms with Crippen molar-refractivity contribution >= 4 is 15.9 Å². The molecule has 2 aromatic rings. The van der Waals surface area contributed by atoms with E-state index in [1.807, 2.05) is 42.2 Å². The molecule has 1 N–H and O–H groups in total. The predicted molar refractivity (Wildman–Crippen MR) is 122 cm³/mol. The van der Waals surface area contributed by atoms with Gasteiger partial charge in [0.25, 0.3) is 0 Å². The van der Waals surface area contributed by atoms with Gasteiger partial charge in [0, 0.05) is 19.5 Å². The van der Waals surface area contributed by atoms with E-state index in [2.05, 4.69) is 4.72 Å². The first-order valence-electron chi connectivity index (χ1n) is 10.8. The molecule has 31 heavy (non-hydrogen) atoms. The third-order valence-corrected chi connectivity index (χ3v) is 7.44. The molecule has 1 heterocycles. The van der Waals surface area contributed by atoms with Crippen LogP contribution in [0, 0.1) is 13.8 Å². The van der Waals surface area contributed by atoms with Crippen molar-refractivity contribution in [1.82, 2.24) is 9.62 Å². The summed E-state index contributed by atoms with van der Waals surface area (Å²) in [5.41, 5.74) is 2.66. The molecular formula is C24H32N2O4S. The number of carbonyl (C=O) groups excluding carboxylic acids is 1. The van der Waals surface area contributed by atoms with Crippen LogP contribution in [-0.2, 0) is 14.8 Å². The SMILES string of the molecule is COc1ccc(C2CCCCCN2C(=O)CCNS(=O)(=O)c2cc(C)ccc2C)cc1. The van der Waals surface area contributed by atoms with Crippen molar-refractivity contribution < 1.29 is 17.9 Å². The minimum Gasteiger partial charge on any atom is -0.497 e. The molecule has 0 saturated carbocycles. The van der Waals surface area contributed by atoms with E-state index >= 15 is 0 Å². The highest BCUT2D eigenvalue weighted by atomic mass is 32.2. The second-order valence-corrected chi connectivity index (χ2v) is 9.88. The lowest BCUT2D eigenvalue weighted by molar-refractivity contribution is -0.133. The van der Waals surface area contributed by atoms with Gasteiger partial charge < -0.3 is 9.64 Å². The van der Waals surface area contributed by atoms with Crippen molar-refractivity contribution in [2.24, 2.45) is 0 Å². The molecule has 168 valence electrons. The van der Waals surface area contributed by atoms with E-state index < -0.39 is 10.0 Å². The van der Waals surface area contributed by atoms with Gasteiger partial charge >= 0.3 is 0 Å². The second-order valence-electron chi connectivity index (χ2n) is 8.14. The zero-order valence-corrected chi connectivity index (χ0v) is 19.4. The van der Waals surface area contributed by atoms with Crippen LogP contribution in [0.15, 0.2) is 47.4 Å². The molecule has 1 aliphatic heterocycles. The van der Waals surface area contributed by atoms with Crippen LogP contribution in [0.5, 0.6) is 5.75 Å². The fourth-order valence-corrected chi connectivity index (χ4v) is 5.45. The molecular weight excluding hydrogens is 412 g/mol. The molecule has 0 aliphatic carbocycles. The van der Waals surface area contributed by atoms with E-state index in [0.717, 1.165) is 42.6 Å². The molecule has 6 nitrogen and oxygen atoms in total. The van der Waals surface area contributed by atoms with E-state index in [9.17, 15) is 13.2 Å². The number of sulfonamides is 1. The second kappa shape index (κ2) is 10.3. The number of likely N-dealkylation sites (tertiary alicyclic amines) is 1. The topological polar surface area (TPSA) is 75.7 Å². The molecule has 0 bridgehead atoms. The molecule has 1 amide bonds. The Morgan fingerprint density at radius 1 is 1.10 bits per heavy atom. The molecule has 0 aromatic heterocycles. The van der Waals surface area contributed by atoms with Gasteiger partial charge in [-0.15, -0.1) is 0 Å². The molecule has 1 saturated heterocycles. The number of amides is 1. The lowest BCUT2D eigenvalue weighted by Crippen LogP contribution is -2.37. The van der Waals surface area contributed by atoms with Crippen molar-refractivity contribution in [3.63, 3.8) is 0 Å². The van der Waals surface area contributed by atoms with Crippen molar-refractivity contribution in [2.45, 2.75) is 56.9 Å². The van der Waals surface area contributed by atoms with Crippen molar-refractivity contribution in [2.75, 3.05) is 20.2 Å². The number of benzene rings is 2. The Labute approximate surface area is 185 Å². The smallest absolute Gasteiger partial charge is 0.240 e. The molecule has 0 spiro atoms. The normalized spacial score (nSPS) is 17.3. The number of hydrogen-bond acceptors (Lipinski definition) is 4. The van der Waals surface area contributed by atoms with Crippen LogP contribution in [0.1, 0.15) is 54.8 Å². The average molecular weight is 445 g/mol. The standard InChI is InChI=1S/C24H32N2O4S/c1-18-8-9-19(2)23(17-18)31(28,29)25-15-14-24(27)26-16-6-4-5-7-22(26)20-10-12-21(30-3)13-11-20/h8-13,17,22,25H,4-7,14-16H2,1-3H3. The first kappa shape index (κ1) is 23.3. The Bertz CT molecular complexity index is 1000. The van der Waals surface area contributed by atoms with Gasteiger partial charge in [0.15, 0.2) is 0 Å². The zero-order chi connectivity index (χ0) is 22.4. The van der Waals surface area contributed by atoms with E-state index in [-0.39, 0.29) is 29.8 Å². The summed E-state index contributed by atoms with van der Waals surface area (Å²) in [6.45, 7) is 4.41. The van der Waals surface area contributed by atoms with Crippen LogP contribution in [-0.4, -0.2) is 39.4 Å². The summed E-state index contributed by atoms with van der Waals surface area (Å²) in [5.74, 6) is 0.766. The van der Waals surface area contributed by atoms with Crippen molar-refractivity contribution in [1.29, 1.82) is 0 Å². The van der Waals surface area contributed by atoms with Gasteiger partial charge in [0.2, 0.25) is 15.9 Å². The Hall–Kier alpha value is -2.38. The monoisotopic (exact) mass is 444 g/mol. The first-order chi connectivity index (χ1) is 14.8. The molecule has 7 heteroatoms. The first-order valence-corrected chi connectivity index (χ1v) is 12.3. The van der Waals surface area contributed by atoms with Crippen LogP contribution in [0.2, 0.25) is 0 Å². The van der Waals surface area contributed by atoms with E-state index in [4.69, 9.17) is 4.74 Å². The molecule has 3 rings (SSSR count). The zero-order valence-electron chi connectivity index (χ0n) is 18.6.